The van der Waals surface area contributed by atoms with Crippen molar-refractivity contribution in [2.75, 3.05) is 45.8 Å². The van der Waals surface area contributed by atoms with Gasteiger partial charge in [-0.2, -0.15) is 4.31 Å². The molecule has 8 heteroatoms. The third-order valence-electron chi connectivity index (χ3n) is 4.45. The van der Waals surface area contributed by atoms with Crippen molar-refractivity contribution in [3.8, 4) is 0 Å². The monoisotopic (exact) mass is 302 g/mol. The Morgan fingerprint density at radius 1 is 1.15 bits per heavy atom. The molecule has 2 N–H and O–H groups in total. The van der Waals surface area contributed by atoms with E-state index in [1.54, 1.807) is 4.31 Å². The van der Waals surface area contributed by atoms with Crippen molar-refractivity contribution in [1.29, 1.82) is 0 Å². The number of nitrogens with zero attached hydrogens (tertiary/aromatic N) is 2. The van der Waals surface area contributed by atoms with Gasteiger partial charge in [0.15, 0.2) is 0 Å². The highest BCUT2D eigenvalue weighted by molar-refractivity contribution is 7.89. The molecule has 0 aromatic heterocycles. The van der Waals surface area contributed by atoms with Gasteiger partial charge in [0.2, 0.25) is 15.9 Å². The lowest BCUT2D eigenvalue weighted by atomic mass is 10.1. The van der Waals surface area contributed by atoms with Gasteiger partial charge in [-0.15, -0.1) is 0 Å². The Bertz CT molecular complexity index is 477. The summed E-state index contributed by atoms with van der Waals surface area (Å²) in [6, 6.07) is 0.0427. The number of piperidine rings is 1. The van der Waals surface area contributed by atoms with Crippen LogP contribution in [0.2, 0.25) is 0 Å². The van der Waals surface area contributed by atoms with E-state index in [2.05, 4.69) is 10.6 Å². The molecule has 1 unspecified atom stereocenters. The summed E-state index contributed by atoms with van der Waals surface area (Å²) in [5, 5.41) is 5.78. The van der Waals surface area contributed by atoms with Gasteiger partial charge in [-0.3, -0.25) is 4.79 Å². The van der Waals surface area contributed by atoms with Gasteiger partial charge in [-0.1, -0.05) is 0 Å². The highest BCUT2D eigenvalue weighted by atomic mass is 32.2. The van der Waals surface area contributed by atoms with E-state index in [9.17, 15) is 13.2 Å². The molecular weight excluding hydrogens is 280 g/mol. The second kappa shape index (κ2) is 5.59. The minimum Gasteiger partial charge on any atom is -0.336 e. The number of sulfonamides is 1. The van der Waals surface area contributed by atoms with E-state index in [-0.39, 0.29) is 17.2 Å². The van der Waals surface area contributed by atoms with Crippen LogP contribution in [-0.4, -0.2) is 80.6 Å². The topological polar surface area (TPSA) is 81.8 Å². The van der Waals surface area contributed by atoms with Crippen LogP contribution in [0.3, 0.4) is 0 Å². The van der Waals surface area contributed by atoms with Crippen molar-refractivity contribution in [3.05, 3.63) is 0 Å². The number of nitrogens with one attached hydrogen (secondary N) is 2. The van der Waals surface area contributed by atoms with E-state index >= 15 is 0 Å². The van der Waals surface area contributed by atoms with Crippen LogP contribution >= 0.6 is 0 Å². The number of carbonyl (C=O) groups is 1. The van der Waals surface area contributed by atoms with Gasteiger partial charge in [0, 0.05) is 45.3 Å². The molecule has 3 aliphatic rings. The number of hydrogen-bond acceptors (Lipinski definition) is 5. The SMILES string of the molecule is O=C1CNCCN1C1CCCN(S(=O)(=O)C2CNC2)C1. The molecule has 0 aliphatic carbocycles. The third-order valence-corrected chi connectivity index (χ3v) is 6.68. The van der Waals surface area contributed by atoms with Crippen molar-refractivity contribution in [3.63, 3.8) is 0 Å². The highest BCUT2D eigenvalue weighted by Gasteiger charge is 2.40. The van der Waals surface area contributed by atoms with E-state index in [4.69, 9.17) is 0 Å². The first kappa shape index (κ1) is 14.2. The standard InChI is InChI=1S/C12H22N4O3S/c17-12-8-13-3-5-16(12)10-2-1-4-15(9-10)20(18,19)11-6-14-7-11/h10-11,13-14H,1-9H2. The maximum absolute atomic E-state index is 12.4. The minimum atomic E-state index is -3.20. The van der Waals surface area contributed by atoms with E-state index in [1.165, 1.54) is 0 Å². The molecule has 0 bridgehead atoms. The second-order valence-electron chi connectivity index (χ2n) is 5.74. The maximum Gasteiger partial charge on any atom is 0.236 e. The third kappa shape index (κ3) is 2.57. The van der Waals surface area contributed by atoms with E-state index in [0.717, 1.165) is 19.4 Å². The molecule has 0 aromatic carbocycles. The number of hydrogen-bond donors (Lipinski definition) is 2. The molecule has 1 amide bonds. The normalized spacial score (nSPS) is 30.3. The summed E-state index contributed by atoms with van der Waals surface area (Å²) in [4.78, 5) is 13.8. The zero-order valence-corrected chi connectivity index (χ0v) is 12.4. The van der Waals surface area contributed by atoms with Crippen molar-refractivity contribution in [1.82, 2.24) is 19.8 Å². The molecule has 3 saturated heterocycles. The first-order valence-corrected chi connectivity index (χ1v) is 8.79. The van der Waals surface area contributed by atoms with Gasteiger partial charge < -0.3 is 15.5 Å². The molecule has 114 valence electrons. The average Bonchev–Trinajstić information content (AvgIpc) is 2.37. The predicted molar refractivity (Wildman–Crippen MR) is 74.8 cm³/mol. The molecule has 3 rings (SSSR count). The highest BCUT2D eigenvalue weighted by Crippen LogP contribution is 2.22. The summed E-state index contributed by atoms with van der Waals surface area (Å²) in [5.74, 6) is 0.0887. The van der Waals surface area contributed by atoms with Crippen LogP contribution < -0.4 is 10.6 Å². The summed E-state index contributed by atoms with van der Waals surface area (Å²) in [6.45, 7) is 4.01. The number of amides is 1. The van der Waals surface area contributed by atoms with Gasteiger partial charge >= 0.3 is 0 Å². The summed E-state index contributed by atoms with van der Waals surface area (Å²) >= 11 is 0. The number of piperazine rings is 1. The van der Waals surface area contributed by atoms with Gasteiger partial charge in [0.05, 0.1) is 6.54 Å². The zero-order chi connectivity index (χ0) is 14.2. The fraction of sp³-hybridized carbons (Fsp3) is 0.917. The Balaban J connectivity index is 1.68. The minimum absolute atomic E-state index is 0.0427. The smallest absolute Gasteiger partial charge is 0.236 e. The van der Waals surface area contributed by atoms with Gasteiger partial charge in [0.1, 0.15) is 5.25 Å². The molecule has 1 atom stereocenters. The molecule has 20 heavy (non-hydrogen) atoms. The number of rotatable bonds is 3. The molecule has 0 spiro atoms. The zero-order valence-electron chi connectivity index (χ0n) is 11.5. The summed E-state index contributed by atoms with van der Waals surface area (Å²) in [7, 11) is -3.20. The Morgan fingerprint density at radius 2 is 1.95 bits per heavy atom. The summed E-state index contributed by atoms with van der Waals surface area (Å²) < 4.78 is 26.5. The van der Waals surface area contributed by atoms with Crippen molar-refractivity contribution < 1.29 is 13.2 Å². The largest absolute Gasteiger partial charge is 0.336 e. The van der Waals surface area contributed by atoms with Crippen LogP contribution in [0, 0.1) is 0 Å². The second-order valence-corrected chi connectivity index (χ2v) is 7.96. The molecular formula is C12H22N4O3S. The first-order valence-electron chi connectivity index (χ1n) is 7.29. The first-order chi connectivity index (χ1) is 9.59. The molecule has 0 saturated carbocycles. The van der Waals surface area contributed by atoms with Crippen molar-refractivity contribution in [2.45, 2.75) is 24.1 Å². The lowest BCUT2D eigenvalue weighted by molar-refractivity contribution is -0.135. The molecule has 0 radical (unpaired) electrons. The molecule has 3 fully saturated rings. The Morgan fingerprint density at radius 3 is 2.60 bits per heavy atom. The van der Waals surface area contributed by atoms with E-state index in [0.29, 0.717) is 39.3 Å². The molecule has 0 aromatic rings. The Kier molecular flexibility index (Phi) is 3.98. The summed E-state index contributed by atoms with van der Waals surface area (Å²) in [6.07, 6.45) is 1.74. The van der Waals surface area contributed by atoms with Crippen LogP contribution in [0.25, 0.3) is 0 Å². The summed E-state index contributed by atoms with van der Waals surface area (Å²) in [5.41, 5.74) is 0. The molecule has 7 nitrogen and oxygen atoms in total. The lowest BCUT2D eigenvalue weighted by Gasteiger charge is -2.42. The quantitative estimate of drug-likeness (QED) is 0.642. The molecule has 3 heterocycles. The van der Waals surface area contributed by atoms with E-state index < -0.39 is 10.0 Å². The van der Waals surface area contributed by atoms with Crippen LogP contribution in [0.4, 0.5) is 0 Å². The van der Waals surface area contributed by atoms with Crippen LogP contribution in [-0.2, 0) is 14.8 Å². The van der Waals surface area contributed by atoms with Crippen LogP contribution in [0.1, 0.15) is 12.8 Å². The fourth-order valence-electron chi connectivity index (χ4n) is 3.10. The number of carbonyl (C=O) groups excluding carboxylic acids is 1. The van der Waals surface area contributed by atoms with Gasteiger partial charge in [-0.05, 0) is 12.8 Å². The van der Waals surface area contributed by atoms with Crippen molar-refractivity contribution in [2.24, 2.45) is 0 Å². The lowest BCUT2D eigenvalue weighted by Crippen LogP contribution is -2.61. The maximum atomic E-state index is 12.4. The van der Waals surface area contributed by atoms with Crippen LogP contribution in [0.5, 0.6) is 0 Å². The van der Waals surface area contributed by atoms with Crippen LogP contribution in [0.15, 0.2) is 0 Å². The van der Waals surface area contributed by atoms with Gasteiger partial charge in [-0.25, -0.2) is 8.42 Å². The average molecular weight is 302 g/mol. The van der Waals surface area contributed by atoms with Crippen molar-refractivity contribution >= 4 is 15.9 Å². The Hall–Kier alpha value is -0.700. The predicted octanol–water partition coefficient (Wildman–Crippen LogP) is -1.82. The van der Waals surface area contributed by atoms with Gasteiger partial charge in [0.25, 0.3) is 0 Å². The fourth-order valence-corrected chi connectivity index (χ4v) is 4.94. The Labute approximate surface area is 119 Å². The van der Waals surface area contributed by atoms with E-state index in [1.807, 2.05) is 4.90 Å². The molecule has 3 aliphatic heterocycles.